The van der Waals surface area contributed by atoms with Crippen LogP contribution in [0, 0.1) is 0 Å². The smallest absolute Gasteiger partial charge is 0.331 e. The summed E-state index contributed by atoms with van der Waals surface area (Å²) in [5.74, 6) is 0.482. The van der Waals surface area contributed by atoms with E-state index in [1.165, 1.54) is 0 Å². The summed E-state index contributed by atoms with van der Waals surface area (Å²) in [6, 6.07) is 16.4. The zero-order chi connectivity index (χ0) is 18.8. The van der Waals surface area contributed by atoms with Crippen LogP contribution in [0.25, 0.3) is 0 Å². The molecule has 5 nitrogen and oxygen atoms in total. The van der Waals surface area contributed by atoms with E-state index in [0.717, 1.165) is 30.7 Å². The highest BCUT2D eigenvalue weighted by Gasteiger charge is 2.06. The van der Waals surface area contributed by atoms with Crippen molar-refractivity contribution in [2.45, 2.75) is 32.8 Å². The molecule has 0 aliphatic rings. The molecule has 5 heteroatoms. The number of nitrogens with one attached hydrogen (secondary N) is 1. The molecule has 1 atom stereocenters. The molecule has 1 amide bonds. The van der Waals surface area contributed by atoms with Crippen molar-refractivity contribution in [2.75, 3.05) is 5.32 Å². The summed E-state index contributed by atoms with van der Waals surface area (Å²) < 4.78 is 10.8. The van der Waals surface area contributed by atoms with Crippen LogP contribution >= 0.6 is 0 Å². The number of hydrogen-bond acceptors (Lipinski definition) is 4. The summed E-state index contributed by atoms with van der Waals surface area (Å²) in [7, 11) is 0. The molecule has 0 heterocycles. The molecule has 0 aromatic heterocycles. The third kappa shape index (κ3) is 6.81. The summed E-state index contributed by atoms with van der Waals surface area (Å²) in [4.78, 5) is 23.5. The summed E-state index contributed by atoms with van der Waals surface area (Å²) in [5.41, 5.74) is 0.604. The van der Waals surface area contributed by atoms with E-state index in [1.807, 2.05) is 44.2 Å². The van der Waals surface area contributed by atoms with Gasteiger partial charge in [0.25, 0.3) is 0 Å². The van der Waals surface area contributed by atoms with Crippen LogP contribution in [0.1, 0.15) is 26.7 Å². The van der Waals surface area contributed by atoms with E-state index in [4.69, 9.17) is 9.47 Å². The number of carbonyl (C=O) groups excluding carboxylic acids is 2. The SMILES string of the molecule is CCCC(C)OC(=O)/C=C/C(=O)Nc1ccc(Oc2ccccc2)cc1. The molecule has 2 aromatic carbocycles. The first-order chi connectivity index (χ1) is 12.6. The minimum atomic E-state index is -0.521. The topological polar surface area (TPSA) is 64.6 Å². The lowest BCUT2D eigenvalue weighted by atomic mass is 10.2. The highest BCUT2D eigenvalue weighted by molar-refractivity contribution is 6.02. The molecule has 2 rings (SSSR count). The highest BCUT2D eigenvalue weighted by Crippen LogP contribution is 2.22. The van der Waals surface area contributed by atoms with Crippen LogP contribution in [0.15, 0.2) is 66.7 Å². The number of benzene rings is 2. The molecule has 0 aliphatic carbocycles. The third-order valence-electron chi connectivity index (χ3n) is 3.48. The van der Waals surface area contributed by atoms with Crippen LogP contribution in [-0.2, 0) is 14.3 Å². The molecule has 0 spiro atoms. The van der Waals surface area contributed by atoms with Gasteiger partial charge in [-0.15, -0.1) is 0 Å². The maximum Gasteiger partial charge on any atom is 0.331 e. The van der Waals surface area contributed by atoms with Crippen LogP contribution in [0.2, 0.25) is 0 Å². The van der Waals surface area contributed by atoms with Crippen molar-refractivity contribution >= 4 is 17.6 Å². The van der Waals surface area contributed by atoms with E-state index in [1.54, 1.807) is 24.3 Å². The molecule has 1 unspecified atom stereocenters. The Morgan fingerprint density at radius 3 is 2.31 bits per heavy atom. The number of para-hydroxylation sites is 1. The second kappa shape index (κ2) is 10.0. The maximum atomic E-state index is 11.9. The number of rotatable bonds is 8. The van der Waals surface area contributed by atoms with E-state index in [-0.39, 0.29) is 6.10 Å². The number of ether oxygens (including phenoxy) is 2. The van der Waals surface area contributed by atoms with Gasteiger partial charge in [0, 0.05) is 17.8 Å². The molecule has 2 aromatic rings. The standard InChI is InChI=1S/C21H23NO4/c1-3-7-16(2)25-21(24)15-14-20(23)22-17-10-12-19(13-11-17)26-18-8-5-4-6-9-18/h4-6,8-16H,3,7H2,1-2H3,(H,22,23)/b15-14+. The van der Waals surface area contributed by atoms with Crippen molar-refractivity contribution in [1.29, 1.82) is 0 Å². The van der Waals surface area contributed by atoms with E-state index >= 15 is 0 Å². The van der Waals surface area contributed by atoms with E-state index in [0.29, 0.717) is 11.4 Å². The van der Waals surface area contributed by atoms with Gasteiger partial charge in [0.1, 0.15) is 11.5 Å². The van der Waals surface area contributed by atoms with E-state index in [9.17, 15) is 9.59 Å². The summed E-state index contributed by atoms with van der Waals surface area (Å²) >= 11 is 0. The average molecular weight is 353 g/mol. The Labute approximate surface area is 153 Å². The molecular weight excluding hydrogens is 330 g/mol. The second-order valence-electron chi connectivity index (χ2n) is 5.80. The van der Waals surface area contributed by atoms with Crippen LogP contribution in [0.4, 0.5) is 5.69 Å². The number of anilines is 1. The summed E-state index contributed by atoms with van der Waals surface area (Å²) in [6.45, 7) is 3.85. The van der Waals surface area contributed by atoms with Crippen molar-refractivity contribution in [3.8, 4) is 11.5 Å². The molecule has 0 bridgehead atoms. The van der Waals surface area contributed by atoms with Gasteiger partial charge in [-0.2, -0.15) is 0 Å². The predicted molar refractivity (Wildman–Crippen MR) is 101 cm³/mol. The fraction of sp³-hybridized carbons (Fsp3) is 0.238. The minimum Gasteiger partial charge on any atom is -0.460 e. The van der Waals surface area contributed by atoms with Gasteiger partial charge in [-0.05, 0) is 49.7 Å². The Hall–Kier alpha value is -3.08. The lowest BCUT2D eigenvalue weighted by Crippen LogP contribution is -2.14. The number of hydrogen-bond donors (Lipinski definition) is 1. The van der Waals surface area contributed by atoms with Crippen LogP contribution in [0.5, 0.6) is 11.5 Å². The van der Waals surface area contributed by atoms with Crippen molar-refractivity contribution in [2.24, 2.45) is 0 Å². The van der Waals surface area contributed by atoms with Crippen molar-refractivity contribution in [3.63, 3.8) is 0 Å². The van der Waals surface area contributed by atoms with Gasteiger partial charge in [-0.3, -0.25) is 4.79 Å². The molecule has 0 saturated heterocycles. The number of carbonyl (C=O) groups is 2. The van der Waals surface area contributed by atoms with Gasteiger partial charge in [-0.1, -0.05) is 31.5 Å². The molecule has 0 saturated carbocycles. The third-order valence-corrected chi connectivity index (χ3v) is 3.48. The molecule has 1 N–H and O–H groups in total. The van der Waals surface area contributed by atoms with Gasteiger partial charge >= 0.3 is 5.97 Å². The summed E-state index contributed by atoms with van der Waals surface area (Å²) in [6.07, 6.45) is 3.87. The summed E-state index contributed by atoms with van der Waals surface area (Å²) in [5, 5.41) is 2.68. The maximum absolute atomic E-state index is 11.9. The zero-order valence-corrected chi connectivity index (χ0v) is 15.0. The fourth-order valence-corrected chi connectivity index (χ4v) is 2.26. The van der Waals surface area contributed by atoms with E-state index < -0.39 is 11.9 Å². The Morgan fingerprint density at radius 2 is 1.65 bits per heavy atom. The van der Waals surface area contributed by atoms with E-state index in [2.05, 4.69) is 5.32 Å². The van der Waals surface area contributed by atoms with Crippen LogP contribution < -0.4 is 10.1 Å². The Kier molecular flexibility index (Phi) is 7.43. The monoisotopic (exact) mass is 353 g/mol. The lowest BCUT2D eigenvalue weighted by molar-refractivity contribution is -0.142. The van der Waals surface area contributed by atoms with Gasteiger partial charge in [0.15, 0.2) is 0 Å². The molecule has 136 valence electrons. The molecular formula is C21H23NO4. The van der Waals surface area contributed by atoms with Gasteiger partial charge in [0.05, 0.1) is 6.10 Å². The quantitative estimate of drug-likeness (QED) is 0.551. The normalized spacial score (nSPS) is 11.8. The van der Waals surface area contributed by atoms with Gasteiger partial charge in [-0.25, -0.2) is 4.79 Å². The Morgan fingerprint density at radius 1 is 1.00 bits per heavy atom. The lowest BCUT2D eigenvalue weighted by Gasteiger charge is -2.09. The first-order valence-electron chi connectivity index (χ1n) is 8.59. The molecule has 0 radical (unpaired) electrons. The first kappa shape index (κ1) is 19.2. The first-order valence-corrected chi connectivity index (χ1v) is 8.59. The highest BCUT2D eigenvalue weighted by atomic mass is 16.5. The second-order valence-corrected chi connectivity index (χ2v) is 5.80. The molecule has 26 heavy (non-hydrogen) atoms. The predicted octanol–water partition coefficient (Wildman–Crippen LogP) is 4.71. The van der Waals surface area contributed by atoms with Gasteiger partial charge in [0.2, 0.25) is 5.91 Å². The largest absolute Gasteiger partial charge is 0.460 e. The molecule has 0 aliphatic heterocycles. The minimum absolute atomic E-state index is 0.155. The number of esters is 1. The number of amides is 1. The Balaban J connectivity index is 1.83. The molecule has 0 fully saturated rings. The average Bonchev–Trinajstić information content (AvgIpc) is 2.63. The zero-order valence-electron chi connectivity index (χ0n) is 15.0. The fourth-order valence-electron chi connectivity index (χ4n) is 2.26. The van der Waals surface area contributed by atoms with Gasteiger partial charge < -0.3 is 14.8 Å². The Bertz CT molecular complexity index is 738. The van der Waals surface area contributed by atoms with Crippen molar-refractivity contribution in [1.82, 2.24) is 0 Å². The van der Waals surface area contributed by atoms with Crippen LogP contribution in [-0.4, -0.2) is 18.0 Å². The van der Waals surface area contributed by atoms with Crippen molar-refractivity contribution < 1.29 is 19.1 Å². The van der Waals surface area contributed by atoms with Crippen LogP contribution in [0.3, 0.4) is 0 Å². The van der Waals surface area contributed by atoms with Crippen molar-refractivity contribution in [3.05, 3.63) is 66.7 Å².